The maximum absolute atomic E-state index is 11.8. The molecule has 0 aliphatic heterocycles. The fourth-order valence-electron chi connectivity index (χ4n) is 1.89. The first-order valence-corrected chi connectivity index (χ1v) is 5.44. The molecule has 1 rings (SSSR count). The number of nitrogens with zero attached hydrogens (tertiary/aromatic N) is 1. The molecular formula is C12H18N2O. The average molecular weight is 206 g/mol. The van der Waals surface area contributed by atoms with Gasteiger partial charge in [0.05, 0.1) is 6.07 Å². The Morgan fingerprint density at radius 3 is 2.53 bits per heavy atom. The summed E-state index contributed by atoms with van der Waals surface area (Å²) >= 11 is 0. The van der Waals surface area contributed by atoms with Gasteiger partial charge in [0.2, 0.25) is 5.91 Å². The highest BCUT2D eigenvalue weighted by molar-refractivity contribution is 5.85. The Morgan fingerprint density at radius 1 is 1.47 bits per heavy atom. The molecule has 0 aromatic carbocycles. The van der Waals surface area contributed by atoms with Gasteiger partial charge < -0.3 is 5.32 Å². The van der Waals surface area contributed by atoms with Crippen LogP contribution in [0.3, 0.4) is 0 Å². The van der Waals surface area contributed by atoms with E-state index in [1.54, 1.807) is 0 Å². The van der Waals surface area contributed by atoms with Crippen molar-refractivity contribution in [1.82, 2.24) is 5.32 Å². The van der Waals surface area contributed by atoms with Crippen LogP contribution in [-0.2, 0) is 4.79 Å². The number of hydrogen-bond donors (Lipinski definition) is 1. The van der Waals surface area contributed by atoms with Gasteiger partial charge in [0.1, 0.15) is 5.41 Å². The van der Waals surface area contributed by atoms with Gasteiger partial charge in [-0.1, -0.05) is 24.5 Å². The van der Waals surface area contributed by atoms with Gasteiger partial charge in [-0.05, 0) is 26.7 Å². The summed E-state index contributed by atoms with van der Waals surface area (Å²) in [6, 6.07) is 2.18. The van der Waals surface area contributed by atoms with Crippen molar-refractivity contribution in [1.29, 1.82) is 5.26 Å². The average Bonchev–Trinajstić information content (AvgIpc) is 2.66. The smallest absolute Gasteiger partial charge is 0.240 e. The molecule has 1 aliphatic rings. The Labute approximate surface area is 91.2 Å². The number of rotatable bonds is 3. The van der Waals surface area contributed by atoms with Gasteiger partial charge in [-0.15, -0.1) is 0 Å². The maximum Gasteiger partial charge on any atom is 0.240 e. The van der Waals surface area contributed by atoms with Crippen molar-refractivity contribution in [3.05, 3.63) is 11.6 Å². The number of allylic oxidation sites excluding steroid dienone is 1. The molecule has 1 fully saturated rings. The van der Waals surface area contributed by atoms with E-state index >= 15 is 0 Å². The molecule has 0 heterocycles. The van der Waals surface area contributed by atoms with Crippen molar-refractivity contribution in [3.63, 3.8) is 0 Å². The van der Waals surface area contributed by atoms with E-state index in [1.165, 1.54) is 5.57 Å². The molecular weight excluding hydrogens is 188 g/mol. The highest BCUT2D eigenvalue weighted by atomic mass is 16.2. The molecule has 1 saturated carbocycles. The molecule has 0 aromatic rings. The number of amides is 1. The number of carbonyl (C=O) groups excluding carboxylic acids is 1. The van der Waals surface area contributed by atoms with Crippen LogP contribution in [0.5, 0.6) is 0 Å². The first kappa shape index (κ1) is 11.8. The molecule has 0 radical (unpaired) electrons. The van der Waals surface area contributed by atoms with Crippen LogP contribution >= 0.6 is 0 Å². The monoisotopic (exact) mass is 206 g/mol. The minimum absolute atomic E-state index is 0.0972. The lowest BCUT2D eigenvalue weighted by Crippen LogP contribution is -2.38. The zero-order valence-corrected chi connectivity index (χ0v) is 9.47. The van der Waals surface area contributed by atoms with Gasteiger partial charge in [0.25, 0.3) is 0 Å². The predicted octanol–water partition coefficient (Wildman–Crippen LogP) is 2.15. The number of hydrogen-bond acceptors (Lipinski definition) is 2. The second kappa shape index (κ2) is 4.97. The topological polar surface area (TPSA) is 52.9 Å². The fourth-order valence-corrected chi connectivity index (χ4v) is 1.89. The molecule has 0 atom stereocenters. The maximum atomic E-state index is 11.8. The third-order valence-corrected chi connectivity index (χ3v) is 2.88. The molecule has 0 aromatic heterocycles. The molecule has 0 spiro atoms. The van der Waals surface area contributed by atoms with Crippen molar-refractivity contribution >= 4 is 5.91 Å². The lowest BCUT2D eigenvalue weighted by molar-refractivity contribution is -0.127. The number of carbonyl (C=O) groups is 1. The van der Waals surface area contributed by atoms with Crippen LogP contribution in [0.4, 0.5) is 0 Å². The molecule has 3 heteroatoms. The summed E-state index contributed by atoms with van der Waals surface area (Å²) in [6.07, 6.45) is 5.36. The summed E-state index contributed by atoms with van der Waals surface area (Å²) in [6.45, 7) is 4.51. The quantitative estimate of drug-likeness (QED) is 0.719. The normalized spacial score (nSPS) is 17.9. The second-order valence-electron chi connectivity index (χ2n) is 4.39. The first-order valence-electron chi connectivity index (χ1n) is 5.44. The van der Waals surface area contributed by atoms with Crippen molar-refractivity contribution in [3.8, 4) is 6.07 Å². The molecule has 0 bridgehead atoms. The van der Waals surface area contributed by atoms with Crippen LogP contribution in [-0.4, -0.2) is 12.5 Å². The van der Waals surface area contributed by atoms with E-state index in [4.69, 9.17) is 5.26 Å². The highest BCUT2D eigenvalue weighted by Gasteiger charge is 2.41. The van der Waals surface area contributed by atoms with Crippen molar-refractivity contribution < 1.29 is 4.79 Å². The zero-order chi connectivity index (χ0) is 11.3. The summed E-state index contributed by atoms with van der Waals surface area (Å²) in [7, 11) is 0. The molecule has 1 aliphatic carbocycles. The van der Waals surface area contributed by atoms with Gasteiger partial charge >= 0.3 is 0 Å². The van der Waals surface area contributed by atoms with Crippen LogP contribution < -0.4 is 5.32 Å². The molecule has 0 unspecified atom stereocenters. The van der Waals surface area contributed by atoms with E-state index in [1.807, 2.05) is 19.9 Å². The standard InChI is InChI=1S/C12H18N2O/c1-10(2)5-8-14-11(15)12(9-13)6-3-4-7-12/h5H,3-4,6-8H2,1-2H3,(H,14,15). The molecule has 1 N–H and O–H groups in total. The van der Waals surface area contributed by atoms with Gasteiger partial charge in [-0.25, -0.2) is 0 Å². The van der Waals surface area contributed by atoms with Gasteiger partial charge in [-0.2, -0.15) is 5.26 Å². The van der Waals surface area contributed by atoms with Gasteiger partial charge in [0, 0.05) is 6.54 Å². The molecule has 1 amide bonds. The Balaban J connectivity index is 2.52. The van der Waals surface area contributed by atoms with Gasteiger partial charge in [-0.3, -0.25) is 4.79 Å². The summed E-state index contributed by atoms with van der Waals surface area (Å²) in [5.41, 5.74) is 0.433. The molecule has 15 heavy (non-hydrogen) atoms. The number of nitriles is 1. The summed E-state index contributed by atoms with van der Waals surface area (Å²) < 4.78 is 0. The SMILES string of the molecule is CC(C)=CCNC(=O)C1(C#N)CCCC1. The molecule has 0 saturated heterocycles. The largest absolute Gasteiger partial charge is 0.351 e. The summed E-state index contributed by atoms with van der Waals surface area (Å²) in [4.78, 5) is 11.8. The van der Waals surface area contributed by atoms with Crippen LogP contribution in [0.25, 0.3) is 0 Å². The van der Waals surface area contributed by atoms with E-state index in [9.17, 15) is 4.79 Å². The van der Waals surface area contributed by atoms with Crippen molar-refractivity contribution in [2.24, 2.45) is 5.41 Å². The third kappa shape index (κ3) is 2.82. The van der Waals surface area contributed by atoms with Crippen LogP contribution in [0.15, 0.2) is 11.6 Å². The van der Waals surface area contributed by atoms with Crippen molar-refractivity contribution in [2.45, 2.75) is 39.5 Å². The highest BCUT2D eigenvalue weighted by Crippen LogP contribution is 2.37. The lowest BCUT2D eigenvalue weighted by atomic mass is 9.87. The van der Waals surface area contributed by atoms with Gasteiger partial charge in [0.15, 0.2) is 0 Å². The Bertz CT molecular complexity index is 302. The van der Waals surface area contributed by atoms with E-state index in [2.05, 4.69) is 11.4 Å². The van der Waals surface area contributed by atoms with E-state index < -0.39 is 5.41 Å². The zero-order valence-electron chi connectivity index (χ0n) is 9.47. The molecule has 3 nitrogen and oxygen atoms in total. The summed E-state index contributed by atoms with van der Waals surface area (Å²) in [5, 5.41) is 11.9. The second-order valence-corrected chi connectivity index (χ2v) is 4.39. The summed E-state index contributed by atoms with van der Waals surface area (Å²) in [5.74, 6) is -0.0972. The van der Waals surface area contributed by atoms with Crippen LogP contribution in [0.2, 0.25) is 0 Å². The van der Waals surface area contributed by atoms with E-state index in [0.717, 1.165) is 12.8 Å². The Kier molecular flexibility index (Phi) is 3.90. The van der Waals surface area contributed by atoms with E-state index in [-0.39, 0.29) is 5.91 Å². The van der Waals surface area contributed by atoms with E-state index in [0.29, 0.717) is 19.4 Å². The Morgan fingerprint density at radius 2 is 2.07 bits per heavy atom. The molecule has 82 valence electrons. The fraction of sp³-hybridized carbons (Fsp3) is 0.667. The minimum atomic E-state index is -0.741. The Hall–Kier alpha value is -1.30. The van der Waals surface area contributed by atoms with Crippen LogP contribution in [0.1, 0.15) is 39.5 Å². The number of nitrogens with one attached hydrogen (secondary N) is 1. The predicted molar refractivity (Wildman–Crippen MR) is 59.0 cm³/mol. The third-order valence-electron chi connectivity index (χ3n) is 2.88. The van der Waals surface area contributed by atoms with Crippen LogP contribution in [0, 0.1) is 16.7 Å². The minimum Gasteiger partial charge on any atom is -0.351 e. The first-order chi connectivity index (χ1) is 7.10. The van der Waals surface area contributed by atoms with Crippen molar-refractivity contribution in [2.75, 3.05) is 6.54 Å². The lowest BCUT2D eigenvalue weighted by Gasteiger charge is -2.18.